The number of anilines is 2. The summed E-state index contributed by atoms with van der Waals surface area (Å²) in [6.45, 7) is 5.78. The highest BCUT2D eigenvalue weighted by Crippen LogP contribution is 2.32. The summed E-state index contributed by atoms with van der Waals surface area (Å²) in [5, 5.41) is 11.7. The molecule has 0 saturated carbocycles. The molecule has 1 aromatic carbocycles. The fourth-order valence-corrected chi connectivity index (χ4v) is 5.71. The van der Waals surface area contributed by atoms with Gasteiger partial charge in [-0.05, 0) is 44.9 Å². The number of nitrogens with one attached hydrogen (secondary N) is 3. The molecule has 214 valence electrons. The summed E-state index contributed by atoms with van der Waals surface area (Å²) < 4.78 is 30.3. The highest BCUT2D eigenvalue weighted by atomic mass is 35.5. The zero-order valence-electron chi connectivity index (χ0n) is 22.9. The van der Waals surface area contributed by atoms with Crippen LogP contribution in [0.5, 0.6) is 5.75 Å². The van der Waals surface area contributed by atoms with Crippen molar-refractivity contribution in [3.63, 3.8) is 0 Å². The lowest BCUT2D eigenvalue weighted by atomic mass is 9.96. The van der Waals surface area contributed by atoms with Gasteiger partial charge in [-0.2, -0.15) is 0 Å². The van der Waals surface area contributed by atoms with E-state index in [1.807, 2.05) is 19.2 Å². The molecule has 1 saturated heterocycles. The third kappa shape index (κ3) is 7.18. The number of piperidine rings is 1. The van der Waals surface area contributed by atoms with Crippen molar-refractivity contribution in [2.45, 2.75) is 51.9 Å². The lowest BCUT2D eigenvalue weighted by molar-refractivity contribution is -0.131. The lowest BCUT2D eigenvalue weighted by Gasteiger charge is -2.41. The molecule has 2 aromatic rings. The third-order valence-electron chi connectivity index (χ3n) is 6.90. The Morgan fingerprint density at radius 2 is 2.08 bits per heavy atom. The Kier molecular flexibility index (Phi) is 9.12. The van der Waals surface area contributed by atoms with E-state index in [-0.39, 0.29) is 29.4 Å². The van der Waals surface area contributed by atoms with Crippen LogP contribution in [-0.2, 0) is 27.9 Å². The van der Waals surface area contributed by atoms with E-state index in [0.29, 0.717) is 29.8 Å². The molecule has 40 heavy (non-hydrogen) atoms. The number of halogens is 1. The largest absolute Gasteiger partial charge is 0.495 e. The minimum atomic E-state index is -3.60. The van der Waals surface area contributed by atoms with Crippen molar-refractivity contribution >= 4 is 45.0 Å². The molecular formula is C27H34ClN7O4S. The monoisotopic (exact) mass is 587 g/mol. The number of nitrogens with zero attached hydrogens (tertiary/aromatic N) is 4. The van der Waals surface area contributed by atoms with Gasteiger partial charge in [0.2, 0.25) is 16.0 Å². The molecule has 11 nitrogen and oxygen atoms in total. The Hall–Kier alpha value is -3.48. The van der Waals surface area contributed by atoms with Gasteiger partial charge in [-0.25, -0.2) is 18.4 Å². The SMILES string of the molecule is C/C=C\C(=C/C(=N)NS(C)(=O)=O)C(=O)N1CC[C@@H](N2Cc3cnc(Nc4ccc(Cl)c(OC)c4)nc3C2)C[C@H]1C. The normalized spacial score (nSPS) is 19.9. The molecule has 1 aromatic heterocycles. The van der Waals surface area contributed by atoms with Crippen LogP contribution in [0.15, 0.2) is 48.2 Å². The first-order valence-electron chi connectivity index (χ1n) is 12.9. The predicted molar refractivity (Wildman–Crippen MR) is 155 cm³/mol. The zero-order valence-corrected chi connectivity index (χ0v) is 24.5. The van der Waals surface area contributed by atoms with E-state index in [1.165, 1.54) is 6.08 Å². The molecule has 13 heteroatoms. The predicted octanol–water partition coefficient (Wildman–Crippen LogP) is 3.61. The van der Waals surface area contributed by atoms with Gasteiger partial charge < -0.3 is 15.0 Å². The van der Waals surface area contributed by atoms with Crippen molar-refractivity contribution in [1.29, 1.82) is 5.41 Å². The van der Waals surface area contributed by atoms with Crippen LogP contribution >= 0.6 is 11.6 Å². The molecule has 1 amide bonds. The topological polar surface area (TPSA) is 141 Å². The molecule has 3 N–H and O–H groups in total. The van der Waals surface area contributed by atoms with Crippen LogP contribution in [0.3, 0.4) is 0 Å². The number of rotatable bonds is 8. The number of amidine groups is 1. The number of hydrogen-bond donors (Lipinski definition) is 3. The number of allylic oxidation sites excluding steroid dienone is 1. The fourth-order valence-electron chi connectivity index (χ4n) is 5.06. The van der Waals surface area contributed by atoms with Crippen LogP contribution in [-0.4, -0.2) is 71.9 Å². The maximum Gasteiger partial charge on any atom is 0.254 e. The Labute approximate surface area is 239 Å². The molecule has 2 aliphatic rings. The minimum absolute atomic E-state index is 0.0381. The quantitative estimate of drug-likeness (QED) is 0.184. The second kappa shape index (κ2) is 12.4. The first-order chi connectivity index (χ1) is 19.0. The summed E-state index contributed by atoms with van der Waals surface area (Å²) in [6, 6.07) is 5.62. The van der Waals surface area contributed by atoms with E-state index in [4.69, 9.17) is 26.7 Å². The Morgan fingerprint density at radius 1 is 1.30 bits per heavy atom. The first kappa shape index (κ1) is 29.5. The fraction of sp³-hybridized carbons (Fsp3) is 0.407. The van der Waals surface area contributed by atoms with E-state index in [9.17, 15) is 13.2 Å². The minimum Gasteiger partial charge on any atom is -0.495 e. The van der Waals surface area contributed by atoms with Crippen molar-refractivity contribution < 1.29 is 17.9 Å². The van der Waals surface area contributed by atoms with Gasteiger partial charge >= 0.3 is 0 Å². The van der Waals surface area contributed by atoms with Gasteiger partial charge in [0, 0.05) is 60.8 Å². The highest BCUT2D eigenvalue weighted by molar-refractivity contribution is 7.89. The maximum absolute atomic E-state index is 13.3. The number of carbonyl (C=O) groups is 1. The van der Waals surface area contributed by atoms with Crippen molar-refractivity contribution in [3.8, 4) is 5.75 Å². The van der Waals surface area contributed by atoms with E-state index in [0.717, 1.165) is 42.6 Å². The number of methoxy groups -OCH3 is 1. The standard InChI is InChI=1S/C27H34ClN7O4S/c1-5-6-18(12-25(29)33-40(4,37)38)26(36)35-10-9-21(11-17(35)2)34-15-19-14-30-27(32-23(19)16-34)31-20-7-8-22(28)24(13-20)39-3/h5-8,12-14,17,21H,9-11,15-16H2,1-4H3,(H2,29,33)(H,30,31,32)/b6-5-,18-12+/t17-,21-/m1/s1. The van der Waals surface area contributed by atoms with Crippen LogP contribution in [0.2, 0.25) is 5.02 Å². The number of amides is 1. The van der Waals surface area contributed by atoms with E-state index >= 15 is 0 Å². The number of likely N-dealkylation sites (tertiary alicyclic amines) is 1. The number of sulfonamides is 1. The third-order valence-corrected chi connectivity index (χ3v) is 7.80. The number of hydrogen-bond acceptors (Lipinski definition) is 9. The van der Waals surface area contributed by atoms with E-state index in [1.54, 1.807) is 43.2 Å². The van der Waals surface area contributed by atoms with Crippen molar-refractivity contribution in [2.75, 3.05) is 25.2 Å². The molecule has 2 atom stereocenters. The number of benzene rings is 1. The molecule has 0 unspecified atom stereocenters. The van der Waals surface area contributed by atoms with Crippen molar-refractivity contribution in [1.82, 2.24) is 24.5 Å². The van der Waals surface area contributed by atoms with Crippen LogP contribution in [0.25, 0.3) is 0 Å². The number of ether oxygens (including phenoxy) is 1. The molecule has 0 radical (unpaired) electrons. The molecule has 4 rings (SSSR count). The molecule has 0 aliphatic carbocycles. The summed E-state index contributed by atoms with van der Waals surface area (Å²) in [5.41, 5.74) is 3.09. The summed E-state index contributed by atoms with van der Waals surface area (Å²) in [6.07, 6.45) is 8.94. The van der Waals surface area contributed by atoms with Gasteiger partial charge in [0.15, 0.2) is 0 Å². The van der Waals surface area contributed by atoms with Gasteiger partial charge in [-0.1, -0.05) is 23.8 Å². The Balaban J connectivity index is 1.39. The molecule has 0 spiro atoms. The van der Waals surface area contributed by atoms with Crippen LogP contribution in [0.1, 0.15) is 37.9 Å². The van der Waals surface area contributed by atoms with E-state index in [2.05, 4.69) is 19.9 Å². The van der Waals surface area contributed by atoms with Crippen molar-refractivity contribution in [3.05, 3.63) is 64.5 Å². The van der Waals surface area contributed by atoms with Crippen LogP contribution in [0.4, 0.5) is 11.6 Å². The number of aromatic nitrogens is 2. The summed E-state index contributed by atoms with van der Waals surface area (Å²) in [7, 11) is -2.04. The molecular weight excluding hydrogens is 554 g/mol. The zero-order chi connectivity index (χ0) is 29.0. The highest BCUT2D eigenvalue weighted by Gasteiger charge is 2.35. The van der Waals surface area contributed by atoms with Gasteiger partial charge in [-0.15, -0.1) is 0 Å². The average molecular weight is 588 g/mol. The molecule has 0 bridgehead atoms. The Morgan fingerprint density at radius 3 is 2.75 bits per heavy atom. The second-order valence-electron chi connectivity index (χ2n) is 9.96. The number of carbonyl (C=O) groups excluding carboxylic acids is 1. The van der Waals surface area contributed by atoms with Gasteiger partial charge in [0.1, 0.15) is 11.6 Å². The summed E-state index contributed by atoms with van der Waals surface area (Å²) in [4.78, 5) is 26.7. The molecule has 3 heterocycles. The van der Waals surface area contributed by atoms with Crippen LogP contribution in [0, 0.1) is 5.41 Å². The molecule has 1 fully saturated rings. The van der Waals surface area contributed by atoms with Crippen LogP contribution < -0.4 is 14.8 Å². The molecule has 2 aliphatic heterocycles. The summed E-state index contributed by atoms with van der Waals surface area (Å²) >= 11 is 6.12. The number of fused-ring (bicyclic) bond motifs is 1. The Bertz CT molecular complexity index is 1460. The smallest absolute Gasteiger partial charge is 0.254 e. The summed E-state index contributed by atoms with van der Waals surface area (Å²) in [5.74, 6) is 0.480. The van der Waals surface area contributed by atoms with Crippen molar-refractivity contribution in [2.24, 2.45) is 0 Å². The average Bonchev–Trinajstić information content (AvgIpc) is 3.31. The maximum atomic E-state index is 13.3. The van der Waals surface area contributed by atoms with Gasteiger partial charge in [0.05, 0.1) is 24.1 Å². The van der Waals surface area contributed by atoms with E-state index < -0.39 is 10.0 Å². The lowest BCUT2D eigenvalue weighted by Crippen LogP contribution is -2.50. The second-order valence-corrected chi connectivity index (χ2v) is 12.1. The first-order valence-corrected chi connectivity index (χ1v) is 15.2. The van der Waals surface area contributed by atoms with Gasteiger partial charge in [-0.3, -0.25) is 19.8 Å². The van der Waals surface area contributed by atoms with Gasteiger partial charge in [0.25, 0.3) is 5.91 Å².